The third kappa shape index (κ3) is 2.94. The number of aromatic nitrogens is 2. The SMILES string of the molecule is Cc1c[nH]c(-c2cc(Oc3cc(C)ccc3F)ccn2)c1. The van der Waals surface area contributed by atoms with E-state index in [2.05, 4.69) is 9.97 Å². The Kier molecular flexibility index (Phi) is 3.44. The Morgan fingerprint density at radius 3 is 2.67 bits per heavy atom. The van der Waals surface area contributed by atoms with Gasteiger partial charge in [0.1, 0.15) is 5.75 Å². The number of benzene rings is 1. The monoisotopic (exact) mass is 282 g/mol. The third-order valence-corrected chi connectivity index (χ3v) is 3.15. The van der Waals surface area contributed by atoms with Crippen LogP contribution >= 0.6 is 0 Å². The van der Waals surface area contributed by atoms with E-state index in [9.17, 15) is 4.39 Å². The summed E-state index contributed by atoms with van der Waals surface area (Å²) in [6, 6.07) is 10.3. The number of aromatic amines is 1. The number of nitrogens with zero attached hydrogens (tertiary/aromatic N) is 1. The fourth-order valence-corrected chi connectivity index (χ4v) is 2.09. The molecule has 0 spiro atoms. The first-order valence-electron chi connectivity index (χ1n) is 6.67. The Bertz CT molecular complexity index is 780. The van der Waals surface area contributed by atoms with Crippen molar-refractivity contribution in [3.05, 3.63) is 65.7 Å². The molecule has 2 heterocycles. The van der Waals surface area contributed by atoms with E-state index in [1.165, 1.54) is 6.07 Å². The van der Waals surface area contributed by atoms with E-state index in [0.29, 0.717) is 5.75 Å². The van der Waals surface area contributed by atoms with Crippen LogP contribution < -0.4 is 4.74 Å². The van der Waals surface area contributed by atoms with E-state index in [-0.39, 0.29) is 11.6 Å². The molecule has 0 aliphatic heterocycles. The first kappa shape index (κ1) is 13.4. The summed E-state index contributed by atoms with van der Waals surface area (Å²) in [6.45, 7) is 3.90. The molecular formula is C17H15FN2O. The zero-order valence-corrected chi connectivity index (χ0v) is 11.9. The van der Waals surface area contributed by atoms with Gasteiger partial charge in [0.05, 0.1) is 11.4 Å². The molecular weight excluding hydrogens is 267 g/mol. The minimum Gasteiger partial charge on any atom is -0.454 e. The molecule has 3 aromatic rings. The van der Waals surface area contributed by atoms with Gasteiger partial charge in [0.25, 0.3) is 0 Å². The summed E-state index contributed by atoms with van der Waals surface area (Å²) in [5.74, 6) is 0.390. The molecule has 0 amide bonds. The smallest absolute Gasteiger partial charge is 0.165 e. The number of hydrogen-bond donors (Lipinski definition) is 1. The lowest BCUT2D eigenvalue weighted by molar-refractivity contribution is 0.441. The van der Waals surface area contributed by atoms with Gasteiger partial charge in [0.2, 0.25) is 0 Å². The van der Waals surface area contributed by atoms with Crippen molar-refractivity contribution in [2.75, 3.05) is 0 Å². The lowest BCUT2D eigenvalue weighted by atomic mass is 10.2. The molecule has 3 nitrogen and oxygen atoms in total. The zero-order valence-electron chi connectivity index (χ0n) is 11.9. The number of aryl methyl sites for hydroxylation is 2. The zero-order chi connectivity index (χ0) is 14.8. The quantitative estimate of drug-likeness (QED) is 0.760. The molecule has 106 valence electrons. The molecule has 0 bridgehead atoms. The predicted octanol–water partition coefficient (Wildman–Crippen LogP) is 4.62. The van der Waals surface area contributed by atoms with Crippen LogP contribution in [0.1, 0.15) is 11.1 Å². The Hall–Kier alpha value is -2.62. The average Bonchev–Trinajstić information content (AvgIpc) is 2.90. The second-order valence-electron chi connectivity index (χ2n) is 5.00. The summed E-state index contributed by atoms with van der Waals surface area (Å²) in [5, 5.41) is 0. The van der Waals surface area contributed by atoms with Gasteiger partial charge in [0.15, 0.2) is 11.6 Å². The predicted molar refractivity (Wildman–Crippen MR) is 80.0 cm³/mol. The van der Waals surface area contributed by atoms with Crippen LogP contribution in [0.15, 0.2) is 48.8 Å². The van der Waals surface area contributed by atoms with Gasteiger partial charge in [-0.2, -0.15) is 0 Å². The fourth-order valence-electron chi connectivity index (χ4n) is 2.09. The average molecular weight is 282 g/mol. The molecule has 0 atom stereocenters. The van der Waals surface area contributed by atoms with E-state index >= 15 is 0 Å². The highest BCUT2D eigenvalue weighted by Gasteiger charge is 2.07. The van der Waals surface area contributed by atoms with Gasteiger partial charge in [-0.25, -0.2) is 4.39 Å². The molecule has 21 heavy (non-hydrogen) atoms. The second kappa shape index (κ2) is 5.40. The van der Waals surface area contributed by atoms with Crippen LogP contribution in [0.5, 0.6) is 11.5 Å². The normalized spacial score (nSPS) is 10.6. The van der Waals surface area contributed by atoms with Crippen molar-refractivity contribution in [3.8, 4) is 22.9 Å². The highest BCUT2D eigenvalue weighted by molar-refractivity contribution is 5.57. The minimum absolute atomic E-state index is 0.217. The number of nitrogens with one attached hydrogen (secondary N) is 1. The molecule has 0 saturated carbocycles. The summed E-state index contributed by atoms with van der Waals surface area (Å²) >= 11 is 0. The summed E-state index contributed by atoms with van der Waals surface area (Å²) < 4.78 is 19.4. The molecule has 1 aromatic carbocycles. The lowest BCUT2D eigenvalue weighted by Crippen LogP contribution is -1.91. The van der Waals surface area contributed by atoms with E-state index in [1.54, 1.807) is 30.5 Å². The fraction of sp³-hybridized carbons (Fsp3) is 0.118. The molecule has 0 aliphatic rings. The van der Waals surface area contributed by atoms with E-state index in [4.69, 9.17) is 4.74 Å². The van der Waals surface area contributed by atoms with Gasteiger partial charge in [0, 0.05) is 18.5 Å². The van der Waals surface area contributed by atoms with E-state index in [0.717, 1.165) is 22.5 Å². The molecule has 0 fully saturated rings. The highest BCUT2D eigenvalue weighted by Crippen LogP contribution is 2.27. The van der Waals surface area contributed by atoms with Crippen molar-refractivity contribution < 1.29 is 9.13 Å². The summed E-state index contributed by atoms with van der Waals surface area (Å²) in [6.07, 6.45) is 3.55. The van der Waals surface area contributed by atoms with Crippen molar-refractivity contribution >= 4 is 0 Å². The van der Waals surface area contributed by atoms with E-state index < -0.39 is 0 Å². The topological polar surface area (TPSA) is 37.9 Å². The Balaban J connectivity index is 1.91. The van der Waals surface area contributed by atoms with Crippen molar-refractivity contribution in [2.24, 2.45) is 0 Å². The molecule has 0 unspecified atom stereocenters. The Morgan fingerprint density at radius 1 is 1.05 bits per heavy atom. The largest absolute Gasteiger partial charge is 0.454 e. The van der Waals surface area contributed by atoms with Crippen LogP contribution in [0.4, 0.5) is 4.39 Å². The minimum atomic E-state index is -0.380. The Labute approximate surface area is 122 Å². The molecule has 3 rings (SSSR count). The number of halogens is 1. The standard InChI is InChI=1S/C17H15FN2O/c1-11-3-4-14(18)17(8-11)21-13-5-6-19-16(9-13)15-7-12(2)10-20-15/h3-10,20H,1-2H3. The highest BCUT2D eigenvalue weighted by atomic mass is 19.1. The van der Waals surface area contributed by atoms with Gasteiger partial charge in [-0.15, -0.1) is 0 Å². The summed E-state index contributed by atoms with van der Waals surface area (Å²) in [7, 11) is 0. The van der Waals surface area contributed by atoms with Gasteiger partial charge >= 0.3 is 0 Å². The van der Waals surface area contributed by atoms with Gasteiger partial charge in [-0.3, -0.25) is 4.98 Å². The van der Waals surface area contributed by atoms with Crippen molar-refractivity contribution in [3.63, 3.8) is 0 Å². The Morgan fingerprint density at radius 2 is 1.90 bits per heavy atom. The van der Waals surface area contributed by atoms with Crippen LogP contribution in [-0.4, -0.2) is 9.97 Å². The van der Waals surface area contributed by atoms with Crippen LogP contribution in [0.2, 0.25) is 0 Å². The summed E-state index contributed by atoms with van der Waals surface area (Å²) in [4.78, 5) is 7.44. The van der Waals surface area contributed by atoms with Gasteiger partial charge in [-0.05, 0) is 49.2 Å². The lowest BCUT2D eigenvalue weighted by Gasteiger charge is -2.08. The maximum Gasteiger partial charge on any atom is 0.165 e. The maximum atomic E-state index is 13.7. The van der Waals surface area contributed by atoms with Crippen molar-refractivity contribution in [1.82, 2.24) is 9.97 Å². The molecule has 1 N–H and O–H groups in total. The van der Waals surface area contributed by atoms with Crippen molar-refractivity contribution in [2.45, 2.75) is 13.8 Å². The number of ether oxygens (including phenoxy) is 1. The van der Waals surface area contributed by atoms with Crippen LogP contribution in [0.25, 0.3) is 11.4 Å². The van der Waals surface area contributed by atoms with Gasteiger partial charge < -0.3 is 9.72 Å². The molecule has 4 heteroatoms. The third-order valence-electron chi connectivity index (χ3n) is 3.15. The van der Waals surface area contributed by atoms with Crippen LogP contribution in [0, 0.1) is 19.7 Å². The number of hydrogen-bond acceptors (Lipinski definition) is 2. The van der Waals surface area contributed by atoms with Crippen LogP contribution in [-0.2, 0) is 0 Å². The first-order chi connectivity index (χ1) is 10.1. The second-order valence-corrected chi connectivity index (χ2v) is 5.00. The van der Waals surface area contributed by atoms with Crippen LogP contribution in [0.3, 0.4) is 0 Å². The number of rotatable bonds is 3. The van der Waals surface area contributed by atoms with Crippen molar-refractivity contribution in [1.29, 1.82) is 0 Å². The van der Waals surface area contributed by atoms with E-state index in [1.807, 2.05) is 26.1 Å². The molecule has 0 aliphatic carbocycles. The number of pyridine rings is 1. The molecule has 2 aromatic heterocycles. The molecule has 0 saturated heterocycles. The summed E-state index contributed by atoms with van der Waals surface area (Å²) in [5.41, 5.74) is 3.74. The first-order valence-corrected chi connectivity index (χ1v) is 6.67. The molecule has 0 radical (unpaired) electrons. The van der Waals surface area contributed by atoms with Gasteiger partial charge in [-0.1, -0.05) is 6.07 Å². The number of H-pyrrole nitrogens is 1. The maximum absolute atomic E-state index is 13.7.